The third kappa shape index (κ3) is 3.00. The van der Waals surface area contributed by atoms with Crippen LogP contribution < -0.4 is 4.72 Å². The Morgan fingerprint density at radius 2 is 1.68 bits per heavy atom. The average Bonchev–Trinajstić information content (AvgIpc) is 2.51. The molecule has 4 nitrogen and oxygen atoms in total. The van der Waals surface area contributed by atoms with Gasteiger partial charge in [-0.05, 0) is 18.2 Å². The predicted molar refractivity (Wildman–Crippen MR) is 90.5 cm³/mol. The van der Waals surface area contributed by atoms with Crippen LogP contribution in [0.25, 0.3) is 12.2 Å². The molecule has 22 heavy (non-hydrogen) atoms. The number of sulfonamides is 1. The molecule has 0 saturated carbocycles. The van der Waals surface area contributed by atoms with E-state index in [1.807, 2.05) is 0 Å². The highest BCUT2D eigenvalue weighted by atomic mass is 35.5. The lowest BCUT2D eigenvalue weighted by atomic mass is 10.0. The molecule has 0 spiro atoms. The van der Waals surface area contributed by atoms with E-state index in [1.54, 1.807) is 18.2 Å². The summed E-state index contributed by atoms with van der Waals surface area (Å²) in [6.07, 6.45) is 2.81. The average molecular weight is 336 g/mol. The second-order valence-electron chi connectivity index (χ2n) is 4.41. The summed E-state index contributed by atoms with van der Waals surface area (Å²) < 4.78 is 27.2. The summed E-state index contributed by atoms with van der Waals surface area (Å²) in [5.41, 5.74) is 0.932. The molecule has 2 rings (SSSR count). The Kier molecular flexibility index (Phi) is 4.59. The molecular formula is C16H14ClNO3S. The van der Waals surface area contributed by atoms with Gasteiger partial charge >= 0.3 is 0 Å². The molecule has 2 N–H and O–H groups in total. The first-order valence-electron chi connectivity index (χ1n) is 6.29. The molecule has 0 aliphatic carbocycles. The Bertz CT molecular complexity index is 830. The first-order chi connectivity index (χ1) is 10.4. The van der Waals surface area contributed by atoms with Crippen molar-refractivity contribution in [3.05, 3.63) is 65.7 Å². The van der Waals surface area contributed by atoms with Crippen molar-refractivity contribution in [2.45, 2.75) is 4.90 Å². The summed E-state index contributed by atoms with van der Waals surface area (Å²) in [4.78, 5) is 0.120. The van der Waals surface area contributed by atoms with E-state index in [4.69, 9.17) is 11.6 Å². The Hall–Kier alpha value is -2.24. The van der Waals surface area contributed by atoms with Gasteiger partial charge in [-0.3, -0.25) is 4.72 Å². The molecule has 0 radical (unpaired) electrons. The van der Waals surface area contributed by atoms with Crippen LogP contribution in [0.5, 0.6) is 5.75 Å². The van der Waals surface area contributed by atoms with Gasteiger partial charge in [-0.25, -0.2) is 8.42 Å². The van der Waals surface area contributed by atoms with Gasteiger partial charge in [0.1, 0.15) is 5.75 Å². The number of aromatic hydroxyl groups is 1. The smallest absolute Gasteiger partial charge is 0.261 e. The topological polar surface area (TPSA) is 66.4 Å². The summed E-state index contributed by atoms with van der Waals surface area (Å²) >= 11 is 5.93. The van der Waals surface area contributed by atoms with Gasteiger partial charge in [0.15, 0.2) is 0 Å². The van der Waals surface area contributed by atoms with E-state index in [0.717, 1.165) is 0 Å². The first kappa shape index (κ1) is 16.1. The van der Waals surface area contributed by atoms with E-state index < -0.39 is 10.0 Å². The van der Waals surface area contributed by atoms with Gasteiger partial charge in [0, 0.05) is 11.1 Å². The van der Waals surface area contributed by atoms with Crippen LogP contribution in [-0.4, -0.2) is 13.5 Å². The lowest BCUT2D eigenvalue weighted by Gasteiger charge is -2.15. The lowest BCUT2D eigenvalue weighted by Crippen LogP contribution is -2.14. The number of hydrogen-bond donors (Lipinski definition) is 2. The van der Waals surface area contributed by atoms with Crippen LogP contribution in [0.1, 0.15) is 11.1 Å². The van der Waals surface area contributed by atoms with Crippen molar-refractivity contribution in [3.8, 4) is 5.75 Å². The molecule has 0 aliphatic heterocycles. The van der Waals surface area contributed by atoms with Gasteiger partial charge < -0.3 is 5.11 Å². The zero-order chi connectivity index (χ0) is 16.3. The Morgan fingerprint density at radius 3 is 2.23 bits per heavy atom. The van der Waals surface area contributed by atoms with E-state index in [0.29, 0.717) is 11.1 Å². The lowest BCUT2D eigenvalue weighted by molar-refractivity contribution is 0.474. The number of phenolic OH excluding ortho intramolecular Hbond substituents is 1. The largest absolute Gasteiger partial charge is 0.506 e. The predicted octanol–water partition coefficient (Wildman–Crippen LogP) is 4.13. The quantitative estimate of drug-likeness (QED) is 0.807. The van der Waals surface area contributed by atoms with E-state index in [1.165, 1.54) is 30.4 Å². The highest BCUT2D eigenvalue weighted by molar-refractivity contribution is 7.92. The van der Waals surface area contributed by atoms with Gasteiger partial charge in [0.05, 0.1) is 15.6 Å². The fourth-order valence-corrected chi connectivity index (χ4v) is 3.29. The molecule has 114 valence electrons. The third-order valence-corrected chi connectivity index (χ3v) is 4.71. The number of anilines is 1. The SMILES string of the molecule is C=Cc1c(NS(=O)(=O)c2ccccc2)cc(Cl)c(O)c1C=C. The van der Waals surface area contributed by atoms with Crippen LogP contribution in [0, 0.1) is 0 Å². The number of rotatable bonds is 5. The molecule has 6 heteroatoms. The molecule has 0 heterocycles. The maximum absolute atomic E-state index is 12.4. The highest BCUT2D eigenvalue weighted by Gasteiger charge is 2.19. The minimum absolute atomic E-state index is 0.0197. The van der Waals surface area contributed by atoms with Crippen molar-refractivity contribution in [1.82, 2.24) is 0 Å². The van der Waals surface area contributed by atoms with Crippen molar-refractivity contribution in [2.75, 3.05) is 4.72 Å². The second-order valence-corrected chi connectivity index (χ2v) is 6.50. The number of hydrogen-bond acceptors (Lipinski definition) is 3. The molecule has 0 atom stereocenters. The van der Waals surface area contributed by atoms with Crippen molar-refractivity contribution < 1.29 is 13.5 Å². The summed E-state index contributed by atoms with van der Waals surface area (Å²) in [7, 11) is -3.77. The fourth-order valence-electron chi connectivity index (χ4n) is 1.99. The van der Waals surface area contributed by atoms with E-state index >= 15 is 0 Å². The van der Waals surface area contributed by atoms with Crippen molar-refractivity contribution in [3.63, 3.8) is 0 Å². The van der Waals surface area contributed by atoms with Crippen LogP contribution in [0.2, 0.25) is 5.02 Å². The molecule has 0 fully saturated rings. The summed E-state index contributed by atoms with van der Waals surface area (Å²) in [6, 6.07) is 9.27. The number of halogens is 1. The van der Waals surface area contributed by atoms with Gasteiger partial charge in [-0.15, -0.1) is 0 Å². The van der Waals surface area contributed by atoms with Gasteiger partial charge in [0.25, 0.3) is 10.0 Å². The molecule has 0 unspecified atom stereocenters. The van der Waals surface area contributed by atoms with Crippen LogP contribution in [0.3, 0.4) is 0 Å². The Labute approximate surface area is 134 Å². The van der Waals surface area contributed by atoms with Crippen LogP contribution >= 0.6 is 11.6 Å². The van der Waals surface area contributed by atoms with Crippen molar-refractivity contribution in [1.29, 1.82) is 0 Å². The third-order valence-electron chi connectivity index (χ3n) is 3.04. The van der Waals surface area contributed by atoms with Crippen LogP contribution in [0.4, 0.5) is 5.69 Å². The normalized spacial score (nSPS) is 11.0. The Morgan fingerprint density at radius 1 is 1.09 bits per heavy atom. The van der Waals surface area contributed by atoms with Gasteiger partial charge in [0.2, 0.25) is 0 Å². The second kappa shape index (κ2) is 6.25. The molecule has 2 aromatic rings. The summed E-state index contributed by atoms with van der Waals surface area (Å²) in [5, 5.41) is 9.94. The number of benzene rings is 2. The van der Waals surface area contributed by atoms with Gasteiger partial charge in [-0.1, -0.05) is 55.1 Å². The minimum Gasteiger partial charge on any atom is -0.506 e. The Balaban J connectivity index is 2.57. The molecule has 0 bridgehead atoms. The minimum atomic E-state index is -3.77. The zero-order valence-corrected chi connectivity index (χ0v) is 13.2. The molecule has 2 aromatic carbocycles. The fraction of sp³-hybridized carbons (Fsp3) is 0. The maximum atomic E-state index is 12.4. The molecule has 0 aliphatic rings. The molecular weight excluding hydrogens is 322 g/mol. The van der Waals surface area contributed by atoms with Crippen LogP contribution in [-0.2, 0) is 10.0 Å². The monoisotopic (exact) mass is 335 g/mol. The molecule has 0 amide bonds. The van der Waals surface area contributed by atoms with Crippen molar-refractivity contribution in [2.24, 2.45) is 0 Å². The van der Waals surface area contributed by atoms with Crippen LogP contribution in [0.15, 0.2) is 54.5 Å². The van der Waals surface area contributed by atoms with E-state index in [2.05, 4.69) is 17.9 Å². The van der Waals surface area contributed by atoms with E-state index in [9.17, 15) is 13.5 Å². The molecule has 0 saturated heterocycles. The summed E-state index contributed by atoms with van der Waals surface area (Å²) in [6.45, 7) is 7.23. The number of phenols is 1. The zero-order valence-electron chi connectivity index (χ0n) is 11.6. The highest BCUT2D eigenvalue weighted by Crippen LogP contribution is 2.37. The van der Waals surface area contributed by atoms with Crippen molar-refractivity contribution >= 4 is 39.5 Å². The standard InChI is InChI=1S/C16H14ClNO3S/c1-3-12-13(4-2)16(19)14(17)10-15(12)18-22(20,21)11-8-6-5-7-9-11/h3-10,18-19H,1-2H2. The maximum Gasteiger partial charge on any atom is 0.261 e. The first-order valence-corrected chi connectivity index (χ1v) is 8.15. The van der Waals surface area contributed by atoms with E-state index in [-0.39, 0.29) is 21.4 Å². The number of nitrogens with one attached hydrogen (secondary N) is 1. The summed E-state index contributed by atoms with van der Waals surface area (Å²) in [5.74, 6) is -0.172. The molecule has 0 aromatic heterocycles. The van der Waals surface area contributed by atoms with Gasteiger partial charge in [-0.2, -0.15) is 0 Å².